The quantitative estimate of drug-likeness (QED) is 0.869. The van der Waals surface area contributed by atoms with Gasteiger partial charge in [-0.15, -0.1) is 0 Å². The Balaban J connectivity index is 1.95. The Hall–Kier alpha value is -2.08. The van der Waals surface area contributed by atoms with Crippen molar-refractivity contribution in [1.82, 2.24) is 10.2 Å². The number of nitrogens with one attached hydrogen (secondary N) is 1. The van der Waals surface area contributed by atoms with E-state index in [9.17, 15) is 9.59 Å². The van der Waals surface area contributed by atoms with Crippen molar-refractivity contribution in [2.45, 2.75) is 6.10 Å². The Morgan fingerprint density at radius 2 is 2.14 bits per heavy atom. The number of morpholine rings is 1. The summed E-state index contributed by atoms with van der Waals surface area (Å²) >= 11 is 0. The van der Waals surface area contributed by atoms with Crippen LogP contribution in [0.1, 0.15) is 10.4 Å². The molecule has 0 aromatic heterocycles. The molecule has 0 aliphatic carbocycles. The second kappa shape index (κ2) is 6.58. The fraction of sp³-hybridized carbons (Fsp3) is 0.467. The fourth-order valence-electron chi connectivity index (χ4n) is 2.24. The van der Waals surface area contributed by atoms with Crippen molar-refractivity contribution in [3.05, 3.63) is 29.8 Å². The number of anilines is 1. The van der Waals surface area contributed by atoms with Crippen LogP contribution in [-0.2, 0) is 9.53 Å². The lowest BCUT2D eigenvalue weighted by Gasteiger charge is -2.30. The highest BCUT2D eigenvalue weighted by atomic mass is 16.5. The maximum absolute atomic E-state index is 12.3. The van der Waals surface area contributed by atoms with Crippen LogP contribution >= 0.6 is 0 Å². The molecule has 1 heterocycles. The molecule has 1 N–H and O–H groups in total. The summed E-state index contributed by atoms with van der Waals surface area (Å²) in [6.45, 7) is 0.956. The van der Waals surface area contributed by atoms with Crippen molar-refractivity contribution in [2.24, 2.45) is 0 Å². The largest absolute Gasteiger partial charge is 0.377 e. The van der Waals surface area contributed by atoms with Gasteiger partial charge in [0.25, 0.3) is 5.91 Å². The molecule has 0 spiro atoms. The number of likely N-dealkylation sites (N-methyl/N-ethyl adjacent to an activating group) is 1. The van der Waals surface area contributed by atoms with E-state index >= 15 is 0 Å². The molecule has 6 heteroatoms. The average Bonchev–Trinajstić information content (AvgIpc) is 2.48. The summed E-state index contributed by atoms with van der Waals surface area (Å²) in [5.41, 5.74) is 1.49. The number of benzene rings is 1. The third-order valence-corrected chi connectivity index (χ3v) is 3.47. The first-order chi connectivity index (χ1) is 9.99. The summed E-state index contributed by atoms with van der Waals surface area (Å²) in [7, 11) is 5.54. The van der Waals surface area contributed by atoms with Gasteiger partial charge < -0.3 is 19.9 Å². The number of hydrogen-bond acceptors (Lipinski definition) is 4. The van der Waals surface area contributed by atoms with Crippen molar-refractivity contribution < 1.29 is 14.3 Å². The van der Waals surface area contributed by atoms with Crippen LogP contribution in [0.2, 0.25) is 0 Å². The first-order valence-electron chi connectivity index (χ1n) is 6.89. The van der Waals surface area contributed by atoms with Crippen LogP contribution in [0.5, 0.6) is 0 Å². The van der Waals surface area contributed by atoms with Gasteiger partial charge in [-0.2, -0.15) is 0 Å². The third-order valence-electron chi connectivity index (χ3n) is 3.47. The number of para-hydroxylation sites is 1. The summed E-state index contributed by atoms with van der Waals surface area (Å²) in [6, 6.07) is 7.43. The molecule has 1 aromatic carbocycles. The zero-order valence-electron chi connectivity index (χ0n) is 12.6. The molecule has 21 heavy (non-hydrogen) atoms. The molecule has 0 saturated carbocycles. The van der Waals surface area contributed by atoms with Gasteiger partial charge >= 0.3 is 0 Å². The van der Waals surface area contributed by atoms with Crippen molar-refractivity contribution >= 4 is 17.5 Å². The zero-order chi connectivity index (χ0) is 15.4. The van der Waals surface area contributed by atoms with Gasteiger partial charge in [0.2, 0.25) is 5.91 Å². The van der Waals surface area contributed by atoms with Crippen molar-refractivity contribution in [1.29, 1.82) is 0 Å². The first kappa shape index (κ1) is 15.3. The van der Waals surface area contributed by atoms with E-state index in [-0.39, 0.29) is 24.5 Å². The van der Waals surface area contributed by atoms with Crippen molar-refractivity contribution in [3.63, 3.8) is 0 Å². The summed E-state index contributed by atoms with van der Waals surface area (Å²) in [4.78, 5) is 27.1. The number of carbonyl (C=O) groups excluding carboxylic acids is 2. The van der Waals surface area contributed by atoms with Gasteiger partial charge in [-0.05, 0) is 12.1 Å². The molecular formula is C15H21N3O3. The molecule has 1 saturated heterocycles. The molecule has 1 aliphatic heterocycles. The SMILES string of the molecule is CN1CC(CNC(=O)c2ccccc2N(C)C)OCC1=O. The summed E-state index contributed by atoms with van der Waals surface area (Å²) in [6.07, 6.45) is -0.164. The lowest BCUT2D eigenvalue weighted by atomic mass is 10.1. The minimum Gasteiger partial charge on any atom is -0.377 e. The van der Waals surface area contributed by atoms with Crippen LogP contribution in [0.4, 0.5) is 5.69 Å². The standard InChI is InChI=1S/C15H21N3O3/c1-17(2)13-7-5-4-6-12(13)15(20)16-8-11-9-18(3)14(19)10-21-11/h4-7,11H,8-10H2,1-3H3,(H,16,20). The summed E-state index contributed by atoms with van der Waals surface area (Å²) in [5.74, 6) is -0.169. The van der Waals surface area contributed by atoms with E-state index in [1.165, 1.54) is 0 Å². The molecule has 6 nitrogen and oxygen atoms in total. The molecule has 2 amide bonds. The highest BCUT2D eigenvalue weighted by Gasteiger charge is 2.24. The molecule has 0 bridgehead atoms. The van der Waals surface area contributed by atoms with E-state index in [0.717, 1.165) is 5.69 Å². The smallest absolute Gasteiger partial charge is 0.253 e. The highest BCUT2D eigenvalue weighted by molar-refractivity contribution is 5.99. The van der Waals surface area contributed by atoms with E-state index in [1.807, 2.05) is 37.2 Å². The molecular weight excluding hydrogens is 270 g/mol. The average molecular weight is 291 g/mol. The summed E-state index contributed by atoms with van der Waals surface area (Å²) < 4.78 is 5.41. The lowest BCUT2D eigenvalue weighted by molar-refractivity contribution is -0.146. The van der Waals surface area contributed by atoms with E-state index in [2.05, 4.69) is 5.32 Å². The summed E-state index contributed by atoms with van der Waals surface area (Å²) in [5, 5.41) is 2.87. The van der Waals surface area contributed by atoms with Crippen LogP contribution in [0, 0.1) is 0 Å². The molecule has 114 valence electrons. The van der Waals surface area contributed by atoms with Crippen LogP contribution in [0.25, 0.3) is 0 Å². The molecule has 1 aromatic rings. The number of ether oxygens (including phenoxy) is 1. The molecule has 1 fully saturated rings. The van der Waals surface area contributed by atoms with Gasteiger partial charge in [0.15, 0.2) is 0 Å². The molecule has 1 unspecified atom stereocenters. The predicted octanol–water partition coefficient (Wildman–Crippen LogP) is 0.340. The second-order valence-electron chi connectivity index (χ2n) is 5.33. The van der Waals surface area contributed by atoms with Gasteiger partial charge in [-0.1, -0.05) is 12.1 Å². The maximum Gasteiger partial charge on any atom is 0.253 e. The van der Waals surface area contributed by atoms with Gasteiger partial charge in [0.1, 0.15) is 6.61 Å². The third kappa shape index (κ3) is 3.72. The normalized spacial score (nSPS) is 18.5. The van der Waals surface area contributed by atoms with Crippen molar-refractivity contribution in [3.8, 4) is 0 Å². The minimum atomic E-state index is -0.164. The van der Waals surface area contributed by atoms with Gasteiger partial charge in [0.05, 0.1) is 11.7 Å². The van der Waals surface area contributed by atoms with E-state index in [4.69, 9.17) is 4.74 Å². The van der Waals surface area contributed by atoms with Gasteiger partial charge in [-0.3, -0.25) is 9.59 Å². The Bertz CT molecular complexity index is 531. The maximum atomic E-state index is 12.3. The fourth-order valence-corrected chi connectivity index (χ4v) is 2.24. The molecule has 2 rings (SSSR count). The lowest BCUT2D eigenvalue weighted by Crippen LogP contribution is -2.48. The minimum absolute atomic E-state index is 0.0319. The van der Waals surface area contributed by atoms with Gasteiger partial charge in [0, 0.05) is 39.9 Å². The number of carbonyl (C=O) groups is 2. The number of rotatable bonds is 4. The van der Waals surface area contributed by atoms with Crippen LogP contribution < -0.4 is 10.2 Å². The van der Waals surface area contributed by atoms with E-state index in [0.29, 0.717) is 18.7 Å². The molecule has 1 aliphatic rings. The first-order valence-corrected chi connectivity index (χ1v) is 6.89. The Morgan fingerprint density at radius 1 is 1.43 bits per heavy atom. The molecule has 1 atom stereocenters. The Kier molecular flexibility index (Phi) is 4.80. The van der Waals surface area contributed by atoms with E-state index in [1.54, 1.807) is 18.0 Å². The Labute approximate surface area is 124 Å². The highest BCUT2D eigenvalue weighted by Crippen LogP contribution is 2.17. The van der Waals surface area contributed by atoms with Crippen molar-refractivity contribution in [2.75, 3.05) is 45.7 Å². The topological polar surface area (TPSA) is 61.9 Å². The van der Waals surface area contributed by atoms with E-state index < -0.39 is 0 Å². The Morgan fingerprint density at radius 3 is 2.81 bits per heavy atom. The molecule has 0 radical (unpaired) electrons. The zero-order valence-corrected chi connectivity index (χ0v) is 12.6. The van der Waals surface area contributed by atoms with Crippen LogP contribution in [-0.4, -0.2) is 63.7 Å². The van der Waals surface area contributed by atoms with Gasteiger partial charge in [-0.25, -0.2) is 0 Å². The number of hydrogen-bond donors (Lipinski definition) is 1. The van der Waals surface area contributed by atoms with Crippen LogP contribution in [0.3, 0.4) is 0 Å². The monoisotopic (exact) mass is 291 g/mol. The predicted molar refractivity (Wildman–Crippen MR) is 80.5 cm³/mol. The van der Waals surface area contributed by atoms with Crippen LogP contribution in [0.15, 0.2) is 24.3 Å². The second-order valence-corrected chi connectivity index (χ2v) is 5.33. The number of amides is 2. The number of nitrogens with zero attached hydrogens (tertiary/aromatic N) is 2.